The SMILES string of the molecule is C=[C](C)[Hg]. The molecule has 0 saturated heterocycles. The summed E-state index contributed by atoms with van der Waals surface area (Å²) in [5.41, 5.74) is 0. The number of hydrogen-bond acceptors (Lipinski definition) is 0. The van der Waals surface area contributed by atoms with Crippen molar-refractivity contribution in [2.75, 3.05) is 0 Å². The normalized spacial score (nSPS) is 6.75. The van der Waals surface area contributed by atoms with E-state index in [4.69, 9.17) is 0 Å². The standard InChI is InChI=1S/C3H5.Hg/c1-3-2;/h1H2,2H3;. The zero-order valence-electron chi connectivity index (χ0n) is 2.91. The van der Waals surface area contributed by atoms with Crippen LogP contribution in [-0.4, -0.2) is 0 Å². The second-order valence-electron chi connectivity index (χ2n) is 0.957. The van der Waals surface area contributed by atoms with Crippen LogP contribution in [0.5, 0.6) is 0 Å². The Morgan fingerprint density at radius 3 is 2.00 bits per heavy atom. The van der Waals surface area contributed by atoms with Gasteiger partial charge in [0.25, 0.3) is 0 Å². The third kappa shape index (κ3) is 16.5. The van der Waals surface area contributed by atoms with E-state index >= 15 is 0 Å². The predicted octanol–water partition coefficient (Wildman–Crippen LogP) is 1.07. The summed E-state index contributed by atoms with van der Waals surface area (Å²) < 4.78 is 1.36. The summed E-state index contributed by atoms with van der Waals surface area (Å²) in [6, 6.07) is 0. The first-order valence-electron chi connectivity index (χ1n) is 1.21. The van der Waals surface area contributed by atoms with Crippen LogP contribution in [0, 0.1) is 0 Å². The molecule has 0 bridgehead atoms. The van der Waals surface area contributed by atoms with Crippen LogP contribution in [-0.2, 0) is 26.1 Å². The maximum atomic E-state index is 3.64. The first-order chi connectivity index (χ1) is 1.73. The van der Waals surface area contributed by atoms with Gasteiger partial charge in [0.05, 0.1) is 0 Å². The molecule has 0 aromatic carbocycles. The summed E-state index contributed by atoms with van der Waals surface area (Å²) in [7, 11) is 0. The Morgan fingerprint density at radius 1 is 2.00 bits per heavy atom. The van der Waals surface area contributed by atoms with Crippen LogP contribution in [0.15, 0.2) is 9.66 Å². The molecule has 0 N–H and O–H groups in total. The third-order valence-corrected chi connectivity index (χ3v) is 0. The van der Waals surface area contributed by atoms with E-state index in [0.717, 1.165) is 26.1 Å². The van der Waals surface area contributed by atoms with Crippen LogP contribution in [0.3, 0.4) is 0 Å². The second kappa shape index (κ2) is 1.95. The Hall–Kier alpha value is 0.675. The molecule has 0 spiro atoms. The molecule has 0 atom stereocenters. The predicted molar refractivity (Wildman–Crippen MR) is 14.8 cm³/mol. The van der Waals surface area contributed by atoms with Gasteiger partial charge in [-0.05, 0) is 0 Å². The van der Waals surface area contributed by atoms with Crippen molar-refractivity contribution in [3.05, 3.63) is 9.66 Å². The summed E-state index contributed by atoms with van der Waals surface area (Å²) in [5.74, 6) is 0. The molecule has 0 saturated carbocycles. The zero-order valence-corrected chi connectivity index (χ0v) is 8.41. The molecule has 0 aromatic rings. The molecule has 0 amide bonds. The molecular weight excluding hydrogens is 237 g/mol. The number of allylic oxidation sites excluding steroid dienone is 1. The first kappa shape index (κ1) is 4.68. The molecule has 0 radical (unpaired) electrons. The molecule has 0 unspecified atom stereocenters. The van der Waals surface area contributed by atoms with Gasteiger partial charge in [-0.2, -0.15) is 0 Å². The molecule has 19 valence electrons. The van der Waals surface area contributed by atoms with Crippen molar-refractivity contribution in [1.29, 1.82) is 0 Å². The van der Waals surface area contributed by atoms with Crippen molar-refractivity contribution in [2.24, 2.45) is 0 Å². The van der Waals surface area contributed by atoms with E-state index in [1.54, 1.807) is 0 Å². The van der Waals surface area contributed by atoms with Crippen molar-refractivity contribution < 1.29 is 26.1 Å². The minimum absolute atomic E-state index is 0.827. The van der Waals surface area contributed by atoms with Crippen LogP contribution in [0.1, 0.15) is 6.92 Å². The van der Waals surface area contributed by atoms with Crippen molar-refractivity contribution in [3.8, 4) is 0 Å². The third-order valence-electron chi connectivity index (χ3n) is 0. The Labute approximate surface area is 42.9 Å². The van der Waals surface area contributed by atoms with E-state index in [1.165, 1.54) is 3.08 Å². The second-order valence-corrected chi connectivity index (χ2v) is 5.65. The van der Waals surface area contributed by atoms with Crippen LogP contribution >= 0.6 is 0 Å². The van der Waals surface area contributed by atoms with Gasteiger partial charge < -0.3 is 0 Å². The van der Waals surface area contributed by atoms with Gasteiger partial charge in [0, 0.05) is 0 Å². The van der Waals surface area contributed by atoms with E-state index in [2.05, 4.69) is 13.5 Å². The van der Waals surface area contributed by atoms with E-state index in [1.807, 2.05) is 0 Å². The average molecular weight is 242 g/mol. The van der Waals surface area contributed by atoms with Crippen molar-refractivity contribution >= 4 is 0 Å². The average Bonchev–Trinajstić information content (AvgIpc) is 0.811. The van der Waals surface area contributed by atoms with Crippen molar-refractivity contribution in [3.63, 3.8) is 0 Å². The molecule has 0 aliphatic heterocycles. The van der Waals surface area contributed by atoms with Crippen molar-refractivity contribution in [1.82, 2.24) is 0 Å². The molecule has 0 aliphatic carbocycles. The monoisotopic (exact) mass is 243 g/mol. The molecular formula is C3H5Hg. The van der Waals surface area contributed by atoms with Gasteiger partial charge in [-0.15, -0.1) is 0 Å². The summed E-state index contributed by atoms with van der Waals surface area (Å²) in [4.78, 5) is 0. The van der Waals surface area contributed by atoms with E-state index in [9.17, 15) is 0 Å². The van der Waals surface area contributed by atoms with Gasteiger partial charge in [-0.25, -0.2) is 0 Å². The van der Waals surface area contributed by atoms with E-state index in [-0.39, 0.29) is 0 Å². The fraction of sp³-hybridized carbons (Fsp3) is 0.333. The molecule has 0 fully saturated rings. The van der Waals surface area contributed by atoms with Crippen LogP contribution in [0.2, 0.25) is 0 Å². The molecule has 1 heteroatoms. The van der Waals surface area contributed by atoms with Gasteiger partial charge in [-0.1, -0.05) is 0 Å². The summed E-state index contributed by atoms with van der Waals surface area (Å²) in [5, 5.41) is 0. The Kier molecular flexibility index (Phi) is 2.28. The van der Waals surface area contributed by atoms with Gasteiger partial charge in [0.1, 0.15) is 0 Å². The minimum atomic E-state index is 0.827. The molecule has 0 nitrogen and oxygen atoms in total. The molecule has 0 aromatic heterocycles. The van der Waals surface area contributed by atoms with Crippen molar-refractivity contribution in [2.45, 2.75) is 6.92 Å². The Morgan fingerprint density at radius 2 is 2.00 bits per heavy atom. The Balaban J connectivity index is 2.80. The topological polar surface area (TPSA) is 0 Å². The number of hydrogen-bond donors (Lipinski definition) is 0. The summed E-state index contributed by atoms with van der Waals surface area (Å²) in [6.07, 6.45) is 0. The quantitative estimate of drug-likeness (QED) is 0.557. The number of rotatable bonds is 0. The fourth-order valence-electron chi connectivity index (χ4n) is 0. The van der Waals surface area contributed by atoms with Gasteiger partial charge in [0.2, 0.25) is 0 Å². The van der Waals surface area contributed by atoms with Crippen LogP contribution < -0.4 is 0 Å². The Bertz CT molecular complexity index is 26.3. The zero-order chi connectivity index (χ0) is 3.58. The summed E-state index contributed by atoms with van der Waals surface area (Å²) in [6.45, 7) is 5.70. The van der Waals surface area contributed by atoms with Gasteiger partial charge in [-0.3, -0.25) is 0 Å². The van der Waals surface area contributed by atoms with Gasteiger partial charge in [0.15, 0.2) is 0 Å². The molecule has 4 heavy (non-hydrogen) atoms. The molecule has 0 heterocycles. The summed E-state index contributed by atoms with van der Waals surface area (Å²) >= 11 is 0.827. The molecule has 0 rings (SSSR count). The van der Waals surface area contributed by atoms with E-state index < -0.39 is 0 Å². The fourth-order valence-corrected chi connectivity index (χ4v) is 0. The van der Waals surface area contributed by atoms with E-state index in [0.29, 0.717) is 0 Å². The maximum absolute atomic E-state index is 3.64. The van der Waals surface area contributed by atoms with Crippen LogP contribution in [0.25, 0.3) is 0 Å². The van der Waals surface area contributed by atoms with Crippen LogP contribution in [0.4, 0.5) is 0 Å². The molecule has 0 aliphatic rings. The van der Waals surface area contributed by atoms with Gasteiger partial charge >= 0.3 is 42.7 Å². The first-order valence-corrected chi connectivity index (χ1v) is 3.96.